The number of aromatic nitrogens is 1. The van der Waals surface area contributed by atoms with Crippen molar-refractivity contribution in [1.82, 2.24) is 4.98 Å². The quantitative estimate of drug-likeness (QED) is 0.784. The van der Waals surface area contributed by atoms with Crippen molar-refractivity contribution < 1.29 is 14.6 Å². The van der Waals surface area contributed by atoms with E-state index in [4.69, 9.17) is 4.74 Å². The molecule has 2 rings (SSSR count). The molecule has 1 heterocycles. The number of rotatable bonds is 7. The zero-order valence-corrected chi connectivity index (χ0v) is 13.6. The van der Waals surface area contributed by atoms with Crippen LogP contribution >= 0.6 is 23.1 Å². The molecule has 1 aromatic carbocycles. The number of benzene rings is 1. The Morgan fingerprint density at radius 2 is 2.29 bits per heavy atom. The van der Waals surface area contributed by atoms with Crippen LogP contribution in [0.5, 0.6) is 5.75 Å². The lowest BCUT2D eigenvalue weighted by molar-refractivity contribution is 0.0688. The Balaban J connectivity index is 2.10. The van der Waals surface area contributed by atoms with Gasteiger partial charge in [0.1, 0.15) is 11.3 Å². The molecule has 0 atom stereocenters. The molecular weight excluding hydrogens is 306 g/mol. The minimum absolute atomic E-state index is 0.255. The Kier molecular flexibility index (Phi) is 5.64. The zero-order chi connectivity index (χ0) is 15.2. The van der Waals surface area contributed by atoms with E-state index in [1.165, 1.54) is 16.6 Å². The molecule has 1 N–H and O–H groups in total. The van der Waals surface area contributed by atoms with E-state index in [1.54, 1.807) is 17.4 Å². The van der Waals surface area contributed by atoms with Crippen LogP contribution in [0.15, 0.2) is 28.6 Å². The fourth-order valence-corrected chi connectivity index (χ4v) is 3.52. The number of aryl methyl sites for hydroxylation is 1. The van der Waals surface area contributed by atoms with Crippen LogP contribution in [0.4, 0.5) is 0 Å². The van der Waals surface area contributed by atoms with Crippen molar-refractivity contribution in [2.45, 2.75) is 25.2 Å². The number of thiazole rings is 1. The molecule has 0 radical (unpaired) electrons. The highest BCUT2D eigenvalue weighted by atomic mass is 32.2. The Bertz CT molecular complexity index is 625. The summed E-state index contributed by atoms with van der Waals surface area (Å²) in [6.07, 6.45) is 0.737. The predicted molar refractivity (Wildman–Crippen MR) is 85.8 cm³/mol. The van der Waals surface area contributed by atoms with Gasteiger partial charge < -0.3 is 9.84 Å². The second-order valence-electron chi connectivity index (χ2n) is 4.33. The fourth-order valence-electron chi connectivity index (χ4n) is 1.94. The van der Waals surface area contributed by atoms with Gasteiger partial charge in [-0.2, -0.15) is 0 Å². The average molecular weight is 323 g/mol. The van der Waals surface area contributed by atoms with E-state index in [1.807, 2.05) is 31.5 Å². The summed E-state index contributed by atoms with van der Waals surface area (Å²) in [6, 6.07) is 5.36. The second kappa shape index (κ2) is 7.47. The van der Waals surface area contributed by atoms with Crippen molar-refractivity contribution in [2.24, 2.45) is 0 Å². The van der Waals surface area contributed by atoms with Crippen molar-refractivity contribution in [1.29, 1.82) is 0 Å². The highest BCUT2D eigenvalue weighted by Gasteiger charge is 2.16. The van der Waals surface area contributed by atoms with Gasteiger partial charge in [-0.3, -0.25) is 0 Å². The highest BCUT2D eigenvalue weighted by Crippen LogP contribution is 2.30. The number of ether oxygens (including phenoxy) is 1. The zero-order valence-electron chi connectivity index (χ0n) is 12.0. The monoisotopic (exact) mass is 323 g/mol. The van der Waals surface area contributed by atoms with E-state index in [9.17, 15) is 9.90 Å². The summed E-state index contributed by atoms with van der Waals surface area (Å²) >= 11 is 3.10. The number of carboxylic acid groups (broad SMARTS) is 1. The van der Waals surface area contributed by atoms with E-state index < -0.39 is 5.97 Å². The molecule has 0 fully saturated rings. The van der Waals surface area contributed by atoms with Gasteiger partial charge in [-0.05, 0) is 24.8 Å². The number of thioether (sulfide) groups is 1. The van der Waals surface area contributed by atoms with Gasteiger partial charge >= 0.3 is 5.97 Å². The van der Waals surface area contributed by atoms with Crippen molar-refractivity contribution in [3.8, 4) is 5.75 Å². The molecule has 0 aliphatic heterocycles. The second-order valence-corrected chi connectivity index (χ2v) is 6.57. The average Bonchev–Trinajstić information content (AvgIpc) is 2.85. The maximum Gasteiger partial charge on any atom is 0.340 e. The van der Waals surface area contributed by atoms with E-state index >= 15 is 0 Å². The van der Waals surface area contributed by atoms with Crippen LogP contribution in [0.3, 0.4) is 0 Å². The minimum atomic E-state index is -0.949. The molecule has 0 aliphatic rings. The van der Waals surface area contributed by atoms with Gasteiger partial charge in [-0.1, -0.05) is 13.0 Å². The first-order chi connectivity index (χ1) is 10.1. The first kappa shape index (κ1) is 15.9. The lowest BCUT2D eigenvalue weighted by Gasteiger charge is -2.12. The normalized spacial score (nSPS) is 10.6. The molecule has 6 heteroatoms. The summed E-state index contributed by atoms with van der Waals surface area (Å²) < 4.78 is 5.70. The molecule has 1 aromatic heterocycles. The maximum atomic E-state index is 11.5. The Labute approximate surface area is 132 Å². The molecule has 112 valence electrons. The van der Waals surface area contributed by atoms with E-state index in [0.717, 1.165) is 22.8 Å². The van der Waals surface area contributed by atoms with Gasteiger partial charge in [0.05, 0.1) is 17.8 Å². The van der Waals surface area contributed by atoms with Gasteiger partial charge in [-0.15, -0.1) is 23.1 Å². The lowest BCUT2D eigenvalue weighted by atomic mass is 10.2. The summed E-state index contributed by atoms with van der Waals surface area (Å²) in [5.74, 6) is 0.308. The summed E-state index contributed by atoms with van der Waals surface area (Å²) in [5, 5.41) is 9.40. The van der Waals surface area contributed by atoms with Gasteiger partial charge in [0.2, 0.25) is 0 Å². The fraction of sp³-hybridized carbons (Fsp3) is 0.333. The number of carboxylic acids is 1. The molecule has 0 bridgehead atoms. The molecule has 0 spiro atoms. The minimum Gasteiger partial charge on any atom is -0.492 e. The van der Waals surface area contributed by atoms with Gasteiger partial charge in [0, 0.05) is 16.2 Å². The molecule has 2 aromatic rings. The molecule has 0 aliphatic carbocycles. The molecule has 0 saturated carbocycles. The topological polar surface area (TPSA) is 59.4 Å². The Morgan fingerprint density at radius 1 is 1.48 bits per heavy atom. The van der Waals surface area contributed by atoms with Crippen LogP contribution in [0.2, 0.25) is 0 Å². The van der Waals surface area contributed by atoms with Gasteiger partial charge in [-0.25, -0.2) is 9.78 Å². The maximum absolute atomic E-state index is 11.5. The Morgan fingerprint density at radius 3 is 2.90 bits per heavy atom. The van der Waals surface area contributed by atoms with Crippen molar-refractivity contribution in [3.63, 3.8) is 0 Å². The third kappa shape index (κ3) is 3.98. The third-order valence-electron chi connectivity index (χ3n) is 2.93. The molecule has 0 saturated heterocycles. The van der Waals surface area contributed by atoms with Crippen LogP contribution in [0, 0.1) is 6.92 Å². The first-order valence-corrected chi connectivity index (χ1v) is 8.50. The smallest absolute Gasteiger partial charge is 0.340 e. The molecular formula is C15H17NO3S2. The van der Waals surface area contributed by atoms with Crippen molar-refractivity contribution >= 4 is 29.1 Å². The molecule has 21 heavy (non-hydrogen) atoms. The predicted octanol–water partition coefficient (Wildman–Crippen LogP) is 3.88. The number of hydrogen-bond acceptors (Lipinski definition) is 5. The van der Waals surface area contributed by atoms with Crippen LogP contribution in [0.25, 0.3) is 0 Å². The van der Waals surface area contributed by atoms with Crippen LogP contribution in [-0.4, -0.2) is 28.4 Å². The summed E-state index contributed by atoms with van der Waals surface area (Å²) in [4.78, 5) is 17.6. The van der Waals surface area contributed by atoms with Crippen LogP contribution in [-0.2, 0) is 6.42 Å². The van der Waals surface area contributed by atoms with Crippen LogP contribution in [0.1, 0.15) is 27.9 Å². The van der Waals surface area contributed by atoms with E-state index in [2.05, 4.69) is 4.98 Å². The lowest BCUT2D eigenvalue weighted by Crippen LogP contribution is -2.07. The Hall–Kier alpha value is -1.53. The third-order valence-corrected chi connectivity index (χ3v) is 4.87. The number of nitrogens with zero attached hydrogens (tertiary/aromatic N) is 1. The largest absolute Gasteiger partial charge is 0.492 e. The highest BCUT2D eigenvalue weighted by molar-refractivity contribution is 7.99. The SMILES string of the molecule is CCSc1cccc(OCCc2scnc2C)c1C(=O)O. The molecule has 0 unspecified atom stereocenters. The van der Waals surface area contributed by atoms with E-state index in [-0.39, 0.29) is 5.56 Å². The van der Waals surface area contributed by atoms with Crippen LogP contribution < -0.4 is 4.74 Å². The summed E-state index contributed by atoms with van der Waals surface area (Å²) in [6.45, 7) is 4.41. The molecule has 4 nitrogen and oxygen atoms in total. The van der Waals surface area contributed by atoms with Crippen molar-refractivity contribution in [3.05, 3.63) is 39.8 Å². The summed E-state index contributed by atoms with van der Waals surface area (Å²) in [7, 11) is 0. The van der Waals surface area contributed by atoms with E-state index in [0.29, 0.717) is 12.4 Å². The van der Waals surface area contributed by atoms with Crippen molar-refractivity contribution in [2.75, 3.05) is 12.4 Å². The number of carbonyl (C=O) groups is 1. The number of aromatic carboxylic acids is 1. The van der Waals surface area contributed by atoms with Gasteiger partial charge in [0.15, 0.2) is 0 Å². The standard InChI is InChI=1S/C15H17NO3S2/c1-3-20-13-6-4-5-11(14(13)15(17)18)19-8-7-12-10(2)16-9-21-12/h4-6,9H,3,7-8H2,1-2H3,(H,17,18). The number of hydrogen-bond donors (Lipinski definition) is 1. The summed E-state index contributed by atoms with van der Waals surface area (Å²) in [5.41, 5.74) is 3.08. The molecule has 0 amide bonds. The van der Waals surface area contributed by atoms with Gasteiger partial charge in [0.25, 0.3) is 0 Å². The first-order valence-electron chi connectivity index (χ1n) is 6.64.